The molecule has 0 saturated heterocycles. The van der Waals surface area contributed by atoms with E-state index in [4.69, 9.17) is 0 Å². The molecule has 0 amide bonds. The van der Waals surface area contributed by atoms with E-state index in [1.54, 1.807) is 11.6 Å². The van der Waals surface area contributed by atoms with E-state index in [-0.39, 0.29) is 23.8 Å². The number of rotatable bonds is 0. The van der Waals surface area contributed by atoms with E-state index in [0.717, 1.165) is 17.0 Å². The summed E-state index contributed by atoms with van der Waals surface area (Å²) < 4.78 is 1.65. The predicted molar refractivity (Wildman–Crippen MR) is 127 cm³/mol. The minimum atomic E-state index is 0. The van der Waals surface area contributed by atoms with Crippen LogP contribution in [-0.4, -0.2) is 21.5 Å². The average molecular weight is 398 g/mol. The predicted octanol–water partition coefficient (Wildman–Crippen LogP) is 5.95. The van der Waals surface area contributed by atoms with Gasteiger partial charge in [0.05, 0.1) is 11.4 Å². The van der Waals surface area contributed by atoms with E-state index >= 15 is 0 Å². The van der Waals surface area contributed by atoms with Gasteiger partial charge in [-0.2, -0.15) is 0 Å². The molecular formula is C25H39N3O. The Morgan fingerprint density at radius 1 is 1.03 bits per heavy atom. The molecule has 0 aromatic carbocycles. The van der Waals surface area contributed by atoms with Gasteiger partial charge in [0.2, 0.25) is 0 Å². The summed E-state index contributed by atoms with van der Waals surface area (Å²) in [4.78, 5) is 16.8. The molecule has 160 valence electrons. The van der Waals surface area contributed by atoms with E-state index in [2.05, 4.69) is 70.3 Å². The molecular weight excluding hydrogens is 358 g/mol. The number of aromatic nitrogens is 2. The van der Waals surface area contributed by atoms with Crippen molar-refractivity contribution in [3.63, 3.8) is 0 Å². The van der Waals surface area contributed by atoms with Gasteiger partial charge in [0.1, 0.15) is 0 Å². The highest BCUT2D eigenvalue weighted by molar-refractivity contribution is 5.83. The van der Waals surface area contributed by atoms with Gasteiger partial charge in [-0.1, -0.05) is 55.5 Å². The third kappa shape index (κ3) is 5.31. The number of H-pyrrole nitrogens is 1. The fourth-order valence-corrected chi connectivity index (χ4v) is 3.24. The van der Waals surface area contributed by atoms with Gasteiger partial charge >= 0.3 is 0 Å². The highest BCUT2D eigenvalue weighted by atomic mass is 16.1. The monoisotopic (exact) mass is 397 g/mol. The zero-order valence-electron chi connectivity index (χ0n) is 18.9. The first kappa shape index (κ1) is 24.5. The first-order valence-electron chi connectivity index (χ1n) is 9.73. The van der Waals surface area contributed by atoms with Crippen LogP contribution in [0, 0.1) is 12.3 Å². The lowest BCUT2D eigenvalue weighted by Crippen LogP contribution is -2.23. The minimum absolute atomic E-state index is 0. The summed E-state index contributed by atoms with van der Waals surface area (Å²) in [5, 5.41) is 0. The molecule has 0 radical (unpaired) electrons. The van der Waals surface area contributed by atoms with Crippen molar-refractivity contribution in [3.8, 4) is 0 Å². The summed E-state index contributed by atoms with van der Waals surface area (Å²) >= 11 is 0. The molecule has 0 bridgehead atoms. The lowest BCUT2D eigenvalue weighted by molar-refractivity contribution is 0.544. The molecule has 29 heavy (non-hydrogen) atoms. The SMILES string of the molecule is C.C=C1c2[nH]ccc2C(C(C)(C)C)=CN1C.Cc1cc(C(C)(C)C)cn(C)c1=O. The molecule has 4 nitrogen and oxygen atoms in total. The van der Waals surface area contributed by atoms with Crippen LogP contribution in [0.2, 0.25) is 0 Å². The largest absolute Gasteiger partial charge is 0.359 e. The zero-order chi connectivity index (χ0) is 21.4. The van der Waals surface area contributed by atoms with E-state index in [0.29, 0.717) is 0 Å². The third-order valence-electron chi connectivity index (χ3n) is 5.11. The van der Waals surface area contributed by atoms with Crippen LogP contribution in [0.3, 0.4) is 0 Å². The number of nitrogens with one attached hydrogen (secondary N) is 1. The number of allylic oxidation sites excluding steroid dienone is 1. The summed E-state index contributed by atoms with van der Waals surface area (Å²) in [6.45, 7) is 19.1. The second kappa shape index (κ2) is 8.48. The van der Waals surface area contributed by atoms with Gasteiger partial charge in [-0.15, -0.1) is 0 Å². The van der Waals surface area contributed by atoms with Crippen molar-refractivity contribution in [3.05, 3.63) is 70.0 Å². The lowest BCUT2D eigenvalue weighted by atomic mass is 9.81. The maximum absolute atomic E-state index is 11.4. The van der Waals surface area contributed by atoms with Crippen LogP contribution in [0.1, 0.15) is 71.4 Å². The quantitative estimate of drug-likeness (QED) is 0.597. The van der Waals surface area contributed by atoms with Crippen LogP contribution < -0.4 is 5.56 Å². The molecule has 2 aromatic rings. The Morgan fingerprint density at radius 3 is 2.10 bits per heavy atom. The number of aryl methyl sites for hydroxylation is 2. The smallest absolute Gasteiger partial charge is 0.253 e. The summed E-state index contributed by atoms with van der Waals surface area (Å²) in [5.74, 6) is 0. The van der Waals surface area contributed by atoms with Crippen molar-refractivity contribution < 1.29 is 0 Å². The third-order valence-corrected chi connectivity index (χ3v) is 5.11. The summed E-state index contributed by atoms with van der Waals surface area (Å²) in [7, 11) is 3.84. The second-order valence-electron chi connectivity index (χ2n) is 9.69. The van der Waals surface area contributed by atoms with Gasteiger partial charge < -0.3 is 14.5 Å². The number of hydrogen-bond donors (Lipinski definition) is 1. The van der Waals surface area contributed by atoms with Crippen LogP contribution >= 0.6 is 0 Å². The molecule has 1 aliphatic rings. The van der Waals surface area contributed by atoms with Gasteiger partial charge in [0, 0.05) is 43.8 Å². The molecule has 0 spiro atoms. The Labute approximate surface area is 177 Å². The summed E-state index contributed by atoms with van der Waals surface area (Å²) in [6.07, 6.45) is 6.07. The molecule has 1 N–H and O–H groups in total. The summed E-state index contributed by atoms with van der Waals surface area (Å²) in [6, 6.07) is 4.10. The maximum atomic E-state index is 11.4. The first-order chi connectivity index (χ1) is 12.7. The standard InChI is InChI=1S/C13H18N2.C11H17NO.CH4/c1-9-12-10(6-7-14-12)11(8-15(9)5)13(2,3)4;1-8-6-9(11(2,3)4)7-12(5)10(8)13;/h6-8,14H,1H2,2-5H3;6-7H,1-5H3;1H4. The van der Waals surface area contributed by atoms with Gasteiger partial charge in [0.15, 0.2) is 0 Å². The first-order valence-corrected chi connectivity index (χ1v) is 9.73. The fourth-order valence-electron chi connectivity index (χ4n) is 3.24. The highest BCUT2D eigenvalue weighted by Gasteiger charge is 2.27. The normalized spacial score (nSPS) is 13.8. The Bertz CT molecular complexity index is 933. The van der Waals surface area contributed by atoms with Crippen LogP contribution in [0.5, 0.6) is 0 Å². The van der Waals surface area contributed by atoms with Crippen LogP contribution in [0.4, 0.5) is 0 Å². The van der Waals surface area contributed by atoms with Crippen molar-refractivity contribution >= 4 is 11.3 Å². The van der Waals surface area contributed by atoms with E-state index in [1.807, 2.05) is 32.4 Å². The Hall–Kier alpha value is -2.49. The number of nitrogens with zero attached hydrogens (tertiary/aromatic N) is 2. The zero-order valence-corrected chi connectivity index (χ0v) is 18.9. The van der Waals surface area contributed by atoms with Gasteiger partial charge in [-0.3, -0.25) is 4.79 Å². The number of hydrogen-bond acceptors (Lipinski definition) is 2. The van der Waals surface area contributed by atoms with Crippen molar-refractivity contribution in [2.75, 3.05) is 7.05 Å². The number of aromatic amines is 1. The number of pyridine rings is 1. The van der Waals surface area contributed by atoms with Gasteiger partial charge in [0.25, 0.3) is 5.56 Å². The summed E-state index contributed by atoms with van der Waals surface area (Å²) in [5.41, 5.74) is 7.18. The Balaban J connectivity index is 0.000000284. The van der Waals surface area contributed by atoms with Gasteiger partial charge in [-0.25, -0.2) is 0 Å². The molecule has 2 aromatic heterocycles. The van der Waals surface area contributed by atoms with Crippen molar-refractivity contribution in [1.82, 2.24) is 14.5 Å². The Morgan fingerprint density at radius 2 is 1.62 bits per heavy atom. The van der Waals surface area contributed by atoms with Crippen molar-refractivity contribution in [1.29, 1.82) is 0 Å². The molecule has 3 rings (SSSR count). The van der Waals surface area contributed by atoms with E-state index in [9.17, 15) is 4.79 Å². The molecule has 0 atom stereocenters. The minimum Gasteiger partial charge on any atom is -0.359 e. The molecule has 4 heteroatoms. The average Bonchev–Trinajstić information content (AvgIpc) is 3.04. The topological polar surface area (TPSA) is 41.0 Å². The van der Waals surface area contributed by atoms with E-state index < -0.39 is 0 Å². The molecule has 1 aliphatic heterocycles. The maximum Gasteiger partial charge on any atom is 0.253 e. The Kier molecular flexibility index (Phi) is 7.18. The van der Waals surface area contributed by atoms with Crippen molar-refractivity contribution in [2.24, 2.45) is 12.5 Å². The van der Waals surface area contributed by atoms with Crippen LogP contribution in [0.25, 0.3) is 11.3 Å². The fraction of sp³-hybridized carbons (Fsp3) is 0.480. The molecule has 0 fully saturated rings. The second-order valence-corrected chi connectivity index (χ2v) is 9.69. The lowest BCUT2D eigenvalue weighted by Gasteiger charge is -2.31. The van der Waals surface area contributed by atoms with Crippen molar-refractivity contribution in [2.45, 2.75) is 61.3 Å². The van der Waals surface area contributed by atoms with E-state index in [1.165, 1.54) is 16.7 Å². The number of fused-ring (bicyclic) bond motifs is 1. The molecule has 0 saturated carbocycles. The van der Waals surface area contributed by atoms with Crippen LogP contribution in [0.15, 0.2) is 42.1 Å². The molecule has 3 heterocycles. The molecule has 0 unspecified atom stereocenters. The molecule has 0 aliphatic carbocycles. The van der Waals surface area contributed by atoms with Crippen LogP contribution in [-0.2, 0) is 12.5 Å². The van der Waals surface area contributed by atoms with Gasteiger partial charge in [-0.05, 0) is 41.0 Å². The highest BCUT2D eigenvalue weighted by Crippen LogP contribution is 2.41.